The molecule has 1 aromatic carbocycles. The molecule has 1 heterocycles. The molecule has 4 unspecified atom stereocenters. The van der Waals surface area contributed by atoms with E-state index in [1.54, 1.807) is 0 Å². The molecule has 0 spiro atoms. The van der Waals surface area contributed by atoms with Crippen LogP contribution in [-0.2, 0) is 5.60 Å². The van der Waals surface area contributed by atoms with E-state index in [2.05, 4.69) is 44.7 Å². The summed E-state index contributed by atoms with van der Waals surface area (Å²) in [5.41, 5.74) is 0.473. The van der Waals surface area contributed by atoms with Crippen molar-refractivity contribution in [1.29, 1.82) is 0 Å². The lowest BCUT2D eigenvalue weighted by molar-refractivity contribution is -0.0606. The van der Waals surface area contributed by atoms with Gasteiger partial charge in [0.2, 0.25) is 0 Å². The Morgan fingerprint density at radius 2 is 1.89 bits per heavy atom. The van der Waals surface area contributed by atoms with E-state index >= 15 is 0 Å². The lowest BCUT2D eigenvalue weighted by Crippen LogP contribution is -2.44. The predicted molar refractivity (Wildman–Crippen MR) is 77.7 cm³/mol. The van der Waals surface area contributed by atoms with Gasteiger partial charge in [0.15, 0.2) is 0 Å². The normalized spacial score (nSPS) is 41.9. The maximum Gasteiger partial charge on any atom is 0.0935 e. The molecule has 0 aromatic heterocycles. The van der Waals surface area contributed by atoms with Gasteiger partial charge in [-0.15, -0.1) is 0 Å². The molecule has 0 radical (unpaired) electrons. The Hall–Kier alpha value is -0.470. The minimum Gasteiger partial charge on any atom is -0.385 e. The molecule has 1 N–H and O–H groups in total. The molecular formula is C16H22OS. The average Bonchev–Trinajstić information content (AvgIpc) is 2.61. The summed E-state index contributed by atoms with van der Waals surface area (Å²) in [6, 6.07) is 10.3. The Morgan fingerprint density at radius 1 is 1.22 bits per heavy atom. The number of fused-ring (bicyclic) bond motifs is 2. The van der Waals surface area contributed by atoms with Gasteiger partial charge in [0, 0.05) is 15.9 Å². The van der Waals surface area contributed by atoms with Crippen LogP contribution in [-0.4, -0.2) is 15.1 Å². The Kier molecular flexibility index (Phi) is 2.80. The maximum atomic E-state index is 11.2. The van der Waals surface area contributed by atoms with Gasteiger partial charge < -0.3 is 5.11 Å². The highest BCUT2D eigenvalue weighted by molar-refractivity contribution is 8.01. The van der Waals surface area contributed by atoms with Crippen LogP contribution in [0.5, 0.6) is 0 Å². The number of hydrogen-bond donors (Lipinski definition) is 1. The van der Waals surface area contributed by atoms with Crippen LogP contribution in [0.4, 0.5) is 0 Å². The first-order chi connectivity index (χ1) is 8.43. The van der Waals surface area contributed by atoms with Gasteiger partial charge in [-0.25, -0.2) is 0 Å². The second-order valence-electron chi connectivity index (χ2n) is 6.48. The topological polar surface area (TPSA) is 20.2 Å². The fourth-order valence-corrected chi connectivity index (χ4v) is 5.62. The third-order valence-corrected chi connectivity index (χ3v) is 6.94. The van der Waals surface area contributed by atoms with Crippen molar-refractivity contribution < 1.29 is 5.11 Å². The van der Waals surface area contributed by atoms with Gasteiger partial charge in [-0.1, -0.05) is 51.1 Å². The van der Waals surface area contributed by atoms with Crippen molar-refractivity contribution in [3.63, 3.8) is 0 Å². The van der Waals surface area contributed by atoms with Gasteiger partial charge in [0.25, 0.3) is 0 Å². The molecule has 1 saturated carbocycles. The zero-order valence-electron chi connectivity index (χ0n) is 11.4. The van der Waals surface area contributed by atoms with Crippen LogP contribution < -0.4 is 0 Å². The Labute approximate surface area is 114 Å². The molecule has 3 rings (SSSR count). The van der Waals surface area contributed by atoms with E-state index in [4.69, 9.17) is 0 Å². The second-order valence-corrected chi connectivity index (χ2v) is 8.37. The van der Waals surface area contributed by atoms with Gasteiger partial charge in [-0.3, -0.25) is 0 Å². The van der Waals surface area contributed by atoms with Crippen molar-refractivity contribution in [2.75, 3.05) is 0 Å². The molecule has 2 fully saturated rings. The first kappa shape index (κ1) is 12.6. The fraction of sp³-hybridized carbons (Fsp3) is 0.625. The predicted octanol–water partition coefficient (Wildman–Crippen LogP) is 3.81. The van der Waals surface area contributed by atoms with E-state index < -0.39 is 5.60 Å². The molecule has 1 saturated heterocycles. The van der Waals surface area contributed by atoms with Gasteiger partial charge in [-0.2, -0.15) is 11.8 Å². The minimum absolute atomic E-state index is 0.318. The molecule has 1 nitrogen and oxygen atoms in total. The van der Waals surface area contributed by atoms with Crippen molar-refractivity contribution >= 4 is 11.8 Å². The average molecular weight is 262 g/mol. The Balaban J connectivity index is 1.99. The van der Waals surface area contributed by atoms with Crippen molar-refractivity contribution in [3.05, 3.63) is 35.9 Å². The summed E-state index contributed by atoms with van der Waals surface area (Å²) in [5.74, 6) is 0.969. The van der Waals surface area contributed by atoms with Crippen LogP contribution in [0, 0.1) is 11.8 Å². The van der Waals surface area contributed by atoms with Crippen LogP contribution in [0.1, 0.15) is 39.2 Å². The van der Waals surface area contributed by atoms with Crippen LogP contribution in [0.3, 0.4) is 0 Å². The van der Waals surface area contributed by atoms with E-state index in [1.807, 2.05) is 18.2 Å². The standard InChI is InChI=1S/C16H22OS/c1-11-14-9-13(15(2,3)18-14)10-16(11,17)12-7-5-4-6-8-12/h4-8,11,13-14,17H,9-10H2,1-3H3. The largest absolute Gasteiger partial charge is 0.385 e. The zero-order chi connectivity index (χ0) is 13.0. The van der Waals surface area contributed by atoms with Crippen molar-refractivity contribution in [2.45, 2.75) is 49.2 Å². The zero-order valence-corrected chi connectivity index (χ0v) is 12.2. The summed E-state index contributed by atoms with van der Waals surface area (Å²) in [6.07, 6.45) is 2.18. The summed E-state index contributed by atoms with van der Waals surface area (Å²) >= 11 is 2.08. The van der Waals surface area contributed by atoms with Crippen molar-refractivity contribution in [2.24, 2.45) is 11.8 Å². The third kappa shape index (κ3) is 1.73. The molecule has 0 amide bonds. The first-order valence-corrected chi connectivity index (χ1v) is 7.77. The SMILES string of the molecule is CC1C2CC(CC1(O)c1ccccc1)C(C)(C)S2. The number of hydrogen-bond acceptors (Lipinski definition) is 2. The lowest BCUT2D eigenvalue weighted by atomic mass is 9.66. The van der Waals surface area contributed by atoms with Gasteiger partial charge >= 0.3 is 0 Å². The molecule has 2 bridgehead atoms. The molecule has 98 valence electrons. The van der Waals surface area contributed by atoms with Crippen molar-refractivity contribution in [3.8, 4) is 0 Å². The molecule has 1 aliphatic carbocycles. The highest BCUT2D eigenvalue weighted by Crippen LogP contribution is 2.60. The summed E-state index contributed by atoms with van der Waals surface area (Å²) in [4.78, 5) is 0. The fourth-order valence-electron chi connectivity index (χ4n) is 3.71. The van der Waals surface area contributed by atoms with Gasteiger partial charge in [0.05, 0.1) is 5.60 Å². The van der Waals surface area contributed by atoms with E-state index in [1.165, 1.54) is 6.42 Å². The smallest absolute Gasteiger partial charge is 0.0935 e. The van der Waals surface area contributed by atoms with Crippen LogP contribution in [0.25, 0.3) is 0 Å². The summed E-state index contributed by atoms with van der Waals surface area (Å²) in [7, 11) is 0. The molecular weight excluding hydrogens is 240 g/mol. The van der Waals surface area contributed by atoms with E-state index in [9.17, 15) is 5.11 Å². The maximum absolute atomic E-state index is 11.2. The van der Waals surface area contributed by atoms with Gasteiger partial charge in [-0.05, 0) is 24.3 Å². The first-order valence-electron chi connectivity index (χ1n) is 6.89. The number of rotatable bonds is 1. The molecule has 2 heteroatoms. The van der Waals surface area contributed by atoms with Crippen LogP contribution in [0.15, 0.2) is 30.3 Å². The van der Waals surface area contributed by atoms with Crippen LogP contribution >= 0.6 is 11.8 Å². The molecule has 1 aromatic rings. The Morgan fingerprint density at radius 3 is 2.56 bits per heavy atom. The summed E-state index contributed by atoms with van der Waals surface area (Å²) < 4.78 is 0.318. The quantitative estimate of drug-likeness (QED) is 0.830. The summed E-state index contributed by atoms with van der Waals surface area (Å²) in [6.45, 7) is 6.90. The monoisotopic (exact) mass is 262 g/mol. The van der Waals surface area contributed by atoms with E-state index in [0.717, 1.165) is 12.0 Å². The van der Waals surface area contributed by atoms with Crippen LogP contribution in [0.2, 0.25) is 0 Å². The highest BCUT2D eigenvalue weighted by Gasteiger charge is 2.55. The third-order valence-electron chi connectivity index (χ3n) is 5.10. The van der Waals surface area contributed by atoms with E-state index in [-0.39, 0.29) is 0 Å². The number of aliphatic hydroxyl groups is 1. The molecule has 18 heavy (non-hydrogen) atoms. The Bertz CT molecular complexity index is 442. The van der Waals surface area contributed by atoms with Gasteiger partial charge in [0.1, 0.15) is 0 Å². The number of benzene rings is 1. The highest BCUT2D eigenvalue weighted by atomic mass is 32.2. The summed E-state index contributed by atoms with van der Waals surface area (Å²) in [5, 5.41) is 11.8. The molecule has 1 aliphatic heterocycles. The number of thioether (sulfide) groups is 1. The lowest BCUT2D eigenvalue weighted by Gasteiger charge is -2.42. The molecule has 2 aliphatic rings. The second kappa shape index (κ2) is 4.01. The van der Waals surface area contributed by atoms with Crippen molar-refractivity contribution in [1.82, 2.24) is 0 Å². The minimum atomic E-state index is -0.629. The van der Waals surface area contributed by atoms with E-state index in [0.29, 0.717) is 21.8 Å². The molecule has 4 atom stereocenters.